The van der Waals surface area contributed by atoms with Gasteiger partial charge in [-0.05, 0) is 24.3 Å². The van der Waals surface area contributed by atoms with Crippen molar-refractivity contribution in [2.45, 2.75) is 0 Å². The van der Waals surface area contributed by atoms with Crippen LogP contribution in [0.4, 0.5) is 11.4 Å². The Kier molecular flexibility index (Phi) is 4.16. The fourth-order valence-electron chi connectivity index (χ4n) is 2.04. The van der Waals surface area contributed by atoms with Crippen molar-refractivity contribution in [3.05, 3.63) is 65.2 Å². The minimum atomic E-state index is -0.234. The maximum atomic E-state index is 12.2. The first-order chi connectivity index (χ1) is 11.2. The third kappa shape index (κ3) is 3.27. The highest BCUT2D eigenvalue weighted by atomic mass is 32.1. The van der Waals surface area contributed by atoms with Gasteiger partial charge in [-0.3, -0.25) is 9.59 Å². The first-order valence-electron chi connectivity index (χ1n) is 6.84. The maximum absolute atomic E-state index is 12.2. The molecule has 1 aromatic heterocycles. The Labute approximate surface area is 136 Å². The molecule has 6 heteroatoms. The van der Waals surface area contributed by atoms with Crippen molar-refractivity contribution in [3.8, 4) is 10.6 Å². The Hall–Kier alpha value is -2.99. The van der Waals surface area contributed by atoms with Crippen LogP contribution < -0.4 is 11.1 Å². The summed E-state index contributed by atoms with van der Waals surface area (Å²) in [6.45, 7) is 0. The van der Waals surface area contributed by atoms with Gasteiger partial charge in [-0.1, -0.05) is 24.3 Å². The molecule has 0 aliphatic heterocycles. The number of aromatic nitrogens is 1. The van der Waals surface area contributed by atoms with E-state index in [-0.39, 0.29) is 5.91 Å². The van der Waals surface area contributed by atoms with Crippen LogP contribution in [0.25, 0.3) is 10.6 Å². The van der Waals surface area contributed by atoms with Crippen molar-refractivity contribution in [1.82, 2.24) is 4.98 Å². The summed E-state index contributed by atoms with van der Waals surface area (Å²) in [6.07, 6.45) is 2.30. The SMILES string of the molecule is Nc1ccccc1NC(=O)c1ccc(-c2ncc(C=O)s2)cc1. The molecule has 1 amide bonds. The Balaban J connectivity index is 1.77. The third-order valence-electron chi connectivity index (χ3n) is 3.24. The first-order valence-corrected chi connectivity index (χ1v) is 7.66. The molecule has 2 aromatic carbocycles. The van der Waals surface area contributed by atoms with E-state index >= 15 is 0 Å². The van der Waals surface area contributed by atoms with Gasteiger partial charge in [0.15, 0.2) is 6.29 Å². The quantitative estimate of drug-likeness (QED) is 0.569. The number of anilines is 2. The van der Waals surface area contributed by atoms with Gasteiger partial charge in [-0.2, -0.15) is 0 Å². The first kappa shape index (κ1) is 14.9. The van der Waals surface area contributed by atoms with E-state index in [1.54, 1.807) is 42.5 Å². The number of carbonyl (C=O) groups excluding carboxylic acids is 2. The second-order valence-electron chi connectivity index (χ2n) is 4.80. The molecule has 0 aliphatic rings. The summed E-state index contributed by atoms with van der Waals surface area (Å²) in [5.74, 6) is -0.234. The zero-order valence-corrected chi connectivity index (χ0v) is 12.8. The minimum Gasteiger partial charge on any atom is -0.397 e. The molecule has 0 saturated heterocycles. The second-order valence-corrected chi connectivity index (χ2v) is 5.87. The van der Waals surface area contributed by atoms with E-state index in [4.69, 9.17) is 5.73 Å². The third-order valence-corrected chi connectivity index (χ3v) is 4.21. The molecule has 1 heterocycles. The van der Waals surface area contributed by atoms with Crippen LogP contribution in [0.15, 0.2) is 54.7 Å². The smallest absolute Gasteiger partial charge is 0.255 e. The highest BCUT2D eigenvalue weighted by Gasteiger charge is 2.09. The molecule has 5 nitrogen and oxygen atoms in total. The Bertz CT molecular complexity index is 856. The van der Waals surface area contributed by atoms with E-state index in [2.05, 4.69) is 10.3 Å². The minimum absolute atomic E-state index is 0.234. The van der Waals surface area contributed by atoms with Gasteiger partial charge in [-0.15, -0.1) is 11.3 Å². The predicted octanol–water partition coefficient (Wildman–Crippen LogP) is 3.46. The second kappa shape index (κ2) is 6.41. The average molecular weight is 323 g/mol. The number of amides is 1. The number of aldehydes is 1. The number of carbonyl (C=O) groups is 2. The molecule has 0 atom stereocenters. The van der Waals surface area contributed by atoms with Crippen molar-refractivity contribution in [2.24, 2.45) is 0 Å². The molecule has 3 aromatic rings. The summed E-state index contributed by atoms with van der Waals surface area (Å²) in [4.78, 5) is 27.7. The molecule has 3 rings (SSSR count). The number of thiazole rings is 1. The van der Waals surface area contributed by atoms with Crippen LogP contribution in [0.2, 0.25) is 0 Å². The van der Waals surface area contributed by atoms with E-state index in [0.29, 0.717) is 21.8 Å². The molecule has 114 valence electrons. The molecule has 0 unspecified atom stereocenters. The summed E-state index contributed by atoms with van der Waals surface area (Å²) >= 11 is 1.31. The van der Waals surface area contributed by atoms with Gasteiger partial charge in [0.05, 0.1) is 16.3 Å². The fraction of sp³-hybridized carbons (Fsp3) is 0. The molecule has 0 radical (unpaired) electrons. The number of nitrogen functional groups attached to an aromatic ring is 1. The maximum Gasteiger partial charge on any atom is 0.255 e. The lowest BCUT2D eigenvalue weighted by atomic mass is 10.1. The summed E-state index contributed by atoms with van der Waals surface area (Å²) in [7, 11) is 0. The topological polar surface area (TPSA) is 85.1 Å². The van der Waals surface area contributed by atoms with Crippen LogP contribution in [-0.2, 0) is 0 Å². The van der Waals surface area contributed by atoms with E-state index in [1.807, 2.05) is 6.07 Å². The predicted molar refractivity (Wildman–Crippen MR) is 91.7 cm³/mol. The van der Waals surface area contributed by atoms with Crippen LogP contribution in [0, 0.1) is 0 Å². The lowest BCUT2D eigenvalue weighted by Crippen LogP contribution is -2.12. The van der Waals surface area contributed by atoms with Gasteiger partial charge in [0, 0.05) is 17.3 Å². The van der Waals surface area contributed by atoms with Crippen molar-refractivity contribution in [2.75, 3.05) is 11.1 Å². The largest absolute Gasteiger partial charge is 0.397 e. The number of hydrogen-bond acceptors (Lipinski definition) is 5. The number of para-hydroxylation sites is 2. The van der Waals surface area contributed by atoms with Crippen LogP contribution in [-0.4, -0.2) is 17.2 Å². The van der Waals surface area contributed by atoms with Crippen LogP contribution in [0.1, 0.15) is 20.0 Å². The number of rotatable bonds is 4. The molecule has 0 spiro atoms. The Morgan fingerprint density at radius 3 is 2.52 bits per heavy atom. The van der Waals surface area contributed by atoms with Gasteiger partial charge in [0.2, 0.25) is 0 Å². The van der Waals surface area contributed by atoms with Gasteiger partial charge < -0.3 is 11.1 Å². The number of benzene rings is 2. The van der Waals surface area contributed by atoms with Gasteiger partial charge >= 0.3 is 0 Å². The van der Waals surface area contributed by atoms with Gasteiger partial charge in [0.25, 0.3) is 5.91 Å². The fourth-order valence-corrected chi connectivity index (χ4v) is 2.78. The lowest BCUT2D eigenvalue weighted by Gasteiger charge is -2.08. The molecule has 0 bridgehead atoms. The van der Waals surface area contributed by atoms with Crippen LogP contribution in [0.3, 0.4) is 0 Å². The molecule has 0 saturated carbocycles. The standard InChI is InChI=1S/C17H13N3O2S/c18-14-3-1-2-4-15(14)20-16(22)11-5-7-12(8-6-11)17-19-9-13(10-21)23-17/h1-10H,18H2,(H,20,22). The number of nitrogens with two attached hydrogens (primary N) is 1. The van der Waals surface area contributed by atoms with Crippen LogP contribution in [0.5, 0.6) is 0 Å². The summed E-state index contributed by atoms with van der Waals surface area (Å²) < 4.78 is 0. The Morgan fingerprint density at radius 2 is 1.87 bits per heavy atom. The average Bonchev–Trinajstić information content (AvgIpc) is 3.06. The molecule has 0 fully saturated rings. The lowest BCUT2D eigenvalue weighted by molar-refractivity contribution is 0.102. The molecule has 23 heavy (non-hydrogen) atoms. The summed E-state index contributed by atoms with van der Waals surface area (Å²) in [5.41, 5.74) is 8.29. The van der Waals surface area contributed by atoms with Crippen molar-refractivity contribution in [1.29, 1.82) is 0 Å². The normalized spacial score (nSPS) is 10.3. The van der Waals surface area contributed by atoms with E-state index in [9.17, 15) is 9.59 Å². The van der Waals surface area contributed by atoms with Crippen molar-refractivity contribution in [3.63, 3.8) is 0 Å². The number of nitrogens with zero attached hydrogens (tertiary/aromatic N) is 1. The van der Waals surface area contributed by atoms with Crippen LogP contribution >= 0.6 is 11.3 Å². The molecular weight excluding hydrogens is 310 g/mol. The van der Waals surface area contributed by atoms with E-state index in [1.165, 1.54) is 17.5 Å². The highest BCUT2D eigenvalue weighted by molar-refractivity contribution is 7.16. The zero-order valence-electron chi connectivity index (χ0n) is 12.0. The van der Waals surface area contributed by atoms with Crippen molar-refractivity contribution < 1.29 is 9.59 Å². The molecule has 0 aliphatic carbocycles. The van der Waals surface area contributed by atoms with Gasteiger partial charge in [0.1, 0.15) is 5.01 Å². The Morgan fingerprint density at radius 1 is 1.13 bits per heavy atom. The monoisotopic (exact) mass is 323 g/mol. The molecule has 3 N–H and O–H groups in total. The van der Waals surface area contributed by atoms with E-state index < -0.39 is 0 Å². The van der Waals surface area contributed by atoms with E-state index in [0.717, 1.165) is 16.9 Å². The number of nitrogens with one attached hydrogen (secondary N) is 1. The summed E-state index contributed by atoms with van der Waals surface area (Å²) in [6, 6.07) is 14.1. The van der Waals surface area contributed by atoms with Gasteiger partial charge in [-0.25, -0.2) is 4.98 Å². The molecular formula is C17H13N3O2S. The van der Waals surface area contributed by atoms with Crippen molar-refractivity contribution >= 4 is 34.9 Å². The zero-order chi connectivity index (χ0) is 16.2. The highest BCUT2D eigenvalue weighted by Crippen LogP contribution is 2.25. The number of hydrogen-bond donors (Lipinski definition) is 2. The summed E-state index contributed by atoms with van der Waals surface area (Å²) in [5, 5.41) is 3.52.